The number of rotatable bonds is 6. The van der Waals surface area contributed by atoms with E-state index in [4.69, 9.17) is 0 Å². The SMILES string of the molecule is CCN1CCCC1CNC(=O)c1cccnc1Sc1ccc(C)cc1C. The molecule has 2 aromatic rings. The predicted molar refractivity (Wildman–Crippen MR) is 107 cm³/mol. The Bertz CT molecular complexity index is 778. The largest absolute Gasteiger partial charge is 0.350 e. The fraction of sp³-hybridized carbons (Fsp3) is 0.429. The minimum atomic E-state index is -0.0340. The lowest BCUT2D eigenvalue weighted by Crippen LogP contribution is -2.40. The molecule has 1 aromatic carbocycles. The maximum Gasteiger partial charge on any atom is 0.254 e. The summed E-state index contributed by atoms with van der Waals surface area (Å²) in [6.45, 7) is 9.25. The highest BCUT2D eigenvalue weighted by molar-refractivity contribution is 7.99. The van der Waals surface area contributed by atoms with Gasteiger partial charge in [0.15, 0.2) is 0 Å². The third-order valence-electron chi connectivity index (χ3n) is 4.96. The normalized spacial score (nSPS) is 17.4. The molecule has 138 valence electrons. The highest BCUT2D eigenvalue weighted by atomic mass is 32.2. The van der Waals surface area contributed by atoms with Gasteiger partial charge in [-0.1, -0.05) is 36.4 Å². The molecule has 5 heteroatoms. The summed E-state index contributed by atoms with van der Waals surface area (Å²) in [5.74, 6) is -0.0340. The molecule has 0 radical (unpaired) electrons. The molecule has 0 spiro atoms. The Morgan fingerprint density at radius 1 is 1.35 bits per heavy atom. The molecule has 1 N–H and O–H groups in total. The number of nitrogens with zero attached hydrogens (tertiary/aromatic N) is 2. The van der Waals surface area contributed by atoms with Gasteiger partial charge in [-0.25, -0.2) is 4.98 Å². The first kappa shape index (κ1) is 18.9. The van der Waals surface area contributed by atoms with Crippen LogP contribution < -0.4 is 5.32 Å². The van der Waals surface area contributed by atoms with Crippen LogP contribution in [0.15, 0.2) is 46.5 Å². The van der Waals surface area contributed by atoms with Gasteiger partial charge in [0, 0.05) is 23.7 Å². The zero-order valence-corrected chi connectivity index (χ0v) is 16.6. The van der Waals surface area contributed by atoms with Crippen molar-refractivity contribution in [2.75, 3.05) is 19.6 Å². The second-order valence-electron chi connectivity index (χ2n) is 6.86. The van der Waals surface area contributed by atoms with Gasteiger partial charge >= 0.3 is 0 Å². The van der Waals surface area contributed by atoms with Crippen LogP contribution in [0.2, 0.25) is 0 Å². The van der Waals surface area contributed by atoms with Gasteiger partial charge in [-0.15, -0.1) is 0 Å². The molecule has 4 nitrogen and oxygen atoms in total. The molecule has 3 rings (SSSR count). The molecular weight excluding hydrogens is 342 g/mol. The van der Waals surface area contributed by atoms with Crippen LogP contribution in [-0.4, -0.2) is 41.5 Å². The van der Waals surface area contributed by atoms with E-state index in [1.54, 1.807) is 18.0 Å². The number of aryl methyl sites for hydroxylation is 2. The molecule has 26 heavy (non-hydrogen) atoms. The van der Waals surface area contributed by atoms with E-state index in [0.717, 1.165) is 29.4 Å². The van der Waals surface area contributed by atoms with E-state index in [2.05, 4.69) is 54.2 Å². The average Bonchev–Trinajstić information content (AvgIpc) is 3.10. The Balaban J connectivity index is 1.71. The van der Waals surface area contributed by atoms with Crippen LogP contribution in [0.1, 0.15) is 41.3 Å². The first-order valence-electron chi connectivity index (χ1n) is 9.31. The van der Waals surface area contributed by atoms with Crippen LogP contribution in [0, 0.1) is 13.8 Å². The van der Waals surface area contributed by atoms with Crippen molar-refractivity contribution >= 4 is 17.7 Å². The molecule has 1 aliphatic rings. The summed E-state index contributed by atoms with van der Waals surface area (Å²) in [4.78, 5) is 20.8. The molecule has 1 amide bonds. The van der Waals surface area contributed by atoms with Crippen LogP contribution in [0.4, 0.5) is 0 Å². The fourth-order valence-corrected chi connectivity index (χ4v) is 4.46. The quantitative estimate of drug-likeness (QED) is 0.834. The van der Waals surface area contributed by atoms with E-state index < -0.39 is 0 Å². The van der Waals surface area contributed by atoms with Crippen LogP contribution in [0.5, 0.6) is 0 Å². The van der Waals surface area contributed by atoms with Crippen molar-refractivity contribution in [3.63, 3.8) is 0 Å². The minimum Gasteiger partial charge on any atom is -0.350 e. The molecule has 1 fully saturated rings. The van der Waals surface area contributed by atoms with Crippen LogP contribution in [0.3, 0.4) is 0 Å². The van der Waals surface area contributed by atoms with Crippen molar-refractivity contribution in [2.45, 2.75) is 49.6 Å². The number of amides is 1. The minimum absolute atomic E-state index is 0.0340. The summed E-state index contributed by atoms with van der Waals surface area (Å²) < 4.78 is 0. The van der Waals surface area contributed by atoms with Crippen LogP contribution in [0.25, 0.3) is 0 Å². The van der Waals surface area contributed by atoms with Gasteiger partial charge in [-0.3, -0.25) is 9.69 Å². The van der Waals surface area contributed by atoms with Gasteiger partial charge in [0.2, 0.25) is 0 Å². The number of likely N-dealkylation sites (N-methyl/N-ethyl adjacent to an activating group) is 1. The van der Waals surface area contributed by atoms with Crippen molar-refractivity contribution in [1.29, 1.82) is 0 Å². The van der Waals surface area contributed by atoms with Gasteiger partial charge in [-0.2, -0.15) is 0 Å². The standard InChI is InChI=1S/C21H27N3OS/c1-4-24-12-6-7-17(24)14-23-20(25)18-8-5-11-22-21(18)26-19-10-9-15(2)13-16(19)3/h5,8-11,13,17H,4,6-7,12,14H2,1-3H3,(H,23,25). The van der Waals surface area contributed by atoms with Crippen molar-refractivity contribution in [1.82, 2.24) is 15.2 Å². The molecule has 1 unspecified atom stereocenters. The lowest BCUT2D eigenvalue weighted by Gasteiger charge is -2.23. The van der Waals surface area contributed by atoms with E-state index in [9.17, 15) is 4.79 Å². The number of likely N-dealkylation sites (tertiary alicyclic amines) is 1. The Labute approximate surface area is 160 Å². The average molecular weight is 370 g/mol. The maximum absolute atomic E-state index is 12.8. The van der Waals surface area contributed by atoms with E-state index in [1.165, 1.54) is 17.5 Å². The monoisotopic (exact) mass is 369 g/mol. The predicted octanol–water partition coefficient (Wildman–Crippen LogP) is 4.06. The first-order valence-corrected chi connectivity index (χ1v) is 10.1. The fourth-order valence-electron chi connectivity index (χ4n) is 3.51. The number of hydrogen-bond donors (Lipinski definition) is 1. The number of pyridine rings is 1. The van der Waals surface area contributed by atoms with Gasteiger partial charge in [0.05, 0.1) is 5.56 Å². The second kappa shape index (κ2) is 8.69. The van der Waals surface area contributed by atoms with Crippen LogP contribution >= 0.6 is 11.8 Å². The highest BCUT2D eigenvalue weighted by Crippen LogP contribution is 2.31. The number of carbonyl (C=O) groups excluding carboxylic acids is 1. The summed E-state index contributed by atoms with van der Waals surface area (Å²) in [5, 5.41) is 3.88. The lowest BCUT2D eigenvalue weighted by molar-refractivity contribution is 0.0937. The molecule has 1 aromatic heterocycles. The molecule has 2 heterocycles. The molecule has 1 aliphatic heterocycles. The number of benzene rings is 1. The Morgan fingerprint density at radius 2 is 2.19 bits per heavy atom. The van der Waals surface area contributed by atoms with Crippen molar-refractivity contribution in [2.24, 2.45) is 0 Å². The summed E-state index contributed by atoms with van der Waals surface area (Å²) in [6, 6.07) is 10.5. The Hall–Kier alpha value is -1.85. The molecular formula is C21H27N3OS. The number of aromatic nitrogens is 1. The smallest absolute Gasteiger partial charge is 0.254 e. The Kier molecular flexibility index (Phi) is 6.33. The zero-order chi connectivity index (χ0) is 18.5. The van der Waals surface area contributed by atoms with Gasteiger partial charge in [0.25, 0.3) is 5.91 Å². The summed E-state index contributed by atoms with van der Waals surface area (Å²) in [7, 11) is 0. The molecule has 1 saturated heterocycles. The van der Waals surface area contributed by atoms with Gasteiger partial charge in [-0.05, 0) is 63.5 Å². The summed E-state index contributed by atoms with van der Waals surface area (Å²) in [5.41, 5.74) is 3.10. The Morgan fingerprint density at radius 3 is 2.96 bits per heavy atom. The van der Waals surface area contributed by atoms with Crippen molar-refractivity contribution < 1.29 is 4.79 Å². The third kappa shape index (κ3) is 4.46. The second-order valence-corrected chi connectivity index (χ2v) is 7.89. The third-order valence-corrected chi connectivity index (χ3v) is 6.15. The number of hydrogen-bond acceptors (Lipinski definition) is 4. The lowest BCUT2D eigenvalue weighted by atomic mass is 10.2. The maximum atomic E-state index is 12.8. The number of carbonyl (C=O) groups is 1. The van der Waals surface area contributed by atoms with E-state index in [0.29, 0.717) is 18.2 Å². The molecule has 1 atom stereocenters. The zero-order valence-electron chi connectivity index (χ0n) is 15.8. The number of nitrogens with one attached hydrogen (secondary N) is 1. The van der Waals surface area contributed by atoms with Crippen molar-refractivity contribution in [3.05, 3.63) is 53.2 Å². The van der Waals surface area contributed by atoms with Gasteiger partial charge < -0.3 is 5.32 Å². The highest BCUT2D eigenvalue weighted by Gasteiger charge is 2.24. The molecule has 0 aliphatic carbocycles. The summed E-state index contributed by atoms with van der Waals surface area (Å²) >= 11 is 1.56. The molecule has 0 saturated carbocycles. The topological polar surface area (TPSA) is 45.2 Å². The van der Waals surface area contributed by atoms with Crippen LogP contribution in [-0.2, 0) is 0 Å². The van der Waals surface area contributed by atoms with Gasteiger partial charge in [0.1, 0.15) is 5.03 Å². The van der Waals surface area contributed by atoms with Crippen molar-refractivity contribution in [3.8, 4) is 0 Å². The van der Waals surface area contributed by atoms with E-state index >= 15 is 0 Å². The first-order chi connectivity index (χ1) is 12.6. The molecule has 0 bridgehead atoms. The van der Waals surface area contributed by atoms with E-state index in [1.807, 2.05) is 12.1 Å². The summed E-state index contributed by atoms with van der Waals surface area (Å²) in [6.07, 6.45) is 4.12. The van der Waals surface area contributed by atoms with E-state index in [-0.39, 0.29) is 5.91 Å².